The maximum Gasteiger partial charge on any atom is 0.356 e. The number of carbonyl (C=O) groups is 1. The van der Waals surface area contributed by atoms with Gasteiger partial charge in [0.2, 0.25) is 0 Å². The van der Waals surface area contributed by atoms with Crippen LogP contribution < -0.4 is 10.2 Å². The summed E-state index contributed by atoms with van der Waals surface area (Å²) in [6, 6.07) is 8.24. The van der Waals surface area contributed by atoms with Crippen molar-refractivity contribution in [1.29, 1.82) is 0 Å². The van der Waals surface area contributed by atoms with Crippen molar-refractivity contribution in [3.8, 4) is 0 Å². The Hall–Kier alpha value is -2.34. The summed E-state index contributed by atoms with van der Waals surface area (Å²) in [6.45, 7) is 2.04. The Balaban J connectivity index is 1.90. The topological polar surface area (TPSA) is 70.4 Å². The molecule has 6 nitrogen and oxygen atoms in total. The molecule has 0 unspecified atom stereocenters. The number of rotatable bonds is 4. The van der Waals surface area contributed by atoms with Crippen LogP contribution in [0.2, 0.25) is 0 Å². The van der Waals surface area contributed by atoms with Crippen LogP contribution in [-0.4, -0.2) is 41.5 Å². The molecule has 2 aromatic rings. The van der Waals surface area contributed by atoms with E-state index in [-0.39, 0.29) is 5.69 Å². The predicted octanol–water partition coefficient (Wildman–Crippen LogP) is 1.34. The Kier molecular flexibility index (Phi) is 3.85. The van der Waals surface area contributed by atoms with Crippen molar-refractivity contribution >= 4 is 11.7 Å². The van der Waals surface area contributed by atoms with Crippen LogP contribution in [0.5, 0.6) is 0 Å². The summed E-state index contributed by atoms with van der Waals surface area (Å²) in [4.78, 5) is 13.4. The van der Waals surface area contributed by atoms with Gasteiger partial charge in [-0.1, -0.05) is 12.1 Å². The zero-order chi connectivity index (χ0) is 15.7. The molecule has 3 rings (SSSR count). The van der Waals surface area contributed by atoms with Gasteiger partial charge >= 0.3 is 5.97 Å². The lowest BCUT2D eigenvalue weighted by molar-refractivity contribution is 0.0688. The summed E-state index contributed by atoms with van der Waals surface area (Å²) < 4.78 is 1.84. The van der Waals surface area contributed by atoms with Crippen molar-refractivity contribution in [1.82, 2.24) is 15.1 Å². The van der Waals surface area contributed by atoms with E-state index in [1.54, 1.807) is 0 Å². The SMILES string of the molecule is CN(C)c1ccc(Cn2nc(C(=O)O)c3c2CCNC3)cc1. The van der Waals surface area contributed by atoms with Crippen molar-refractivity contribution in [2.45, 2.75) is 19.5 Å². The van der Waals surface area contributed by atoms with Crippen LogP contribution >= 0.6 is 0 Å². The summed E-state index contributed by atoms with van der Waals surface area (Å²) in [7, 11) is 4.01. The molecule has 0 spiro atoms. The van der Waals surface area contributed by atoms with Crippen molar-refractivity contribution < 1.29 is 9.90 Å². The quantitative estimate of drug-likeness (QED) is 0.892. The average molecular weight is 300 g/mol. The largest absolute Gasteiger partial charge is 0.476 e. The fraction of sp³-hybridized carbons (Fsp3) is 0.375. The second-order valence-electron chi connectivity index (χ2n) is 5.72. The number of carboxylic acid groups (broad SMARTS) is 1. The molecule has 0 bridgehead atoms. The molecule has 1 aromatic heterocycles. The third-order valence-electron chi connectivity index (χ3n) is 3.99. The first-order valence-corrected chi connectivity index (χ1v) is 7.35. The van der Waals surface area contributed by atoms with E-state index in [9.17, 15) is 9.90 Å². The van der Waals surface area contributed by atoms with Crippen LogP contribution in [0.3, 0.4) is 0 Å². The van der Waals surface area contributed by atoms with E-state index < -0.39 is 5.97 Å². The molecule has 0 aliphatic carbocycles. The third kappa shape index (κ3) is 2.69. The highest BCUT2D eigenvalue weighted by molar-refractivity contribution is 5.87. The Morgan fingerprint density at radius 3 is 2.73 bits per heavy atom. The first kappa shape index (κ1) is 14.6. The number of hydrogen-bond acceptors (Lipinski definition) is 4. The number of nitrogens with one attached hydrogen (secondary N) is 1. The zero-order valence-corrected chi connectivity index (χ0v) is 12.8. The molecule has 0 amide bonds. The minimum absolute atomic E-state index is 0.173. The van der Waals surface area contributed by atoms with Gasteiger partial charge < -0.3 is 15.3 Å². The van der Waals surface area contributed by atoms with E-state index in [4.69, 9.17) is 0 Å². The molecule has 1 aliphatic heterocycles. The summed E-state index contributed by atoms with van der Waals surface area (Å²) >= 11 is 0. The van der Waals surface area contributed by atoms with Crippen molar-refractivity contribution in [3.63, 3.8) is 0 Å². The minimum Gasteiger partial charge on any atom is -0.476 e. The fourth-order valence-corrected chi connectivity index (χ4v) is 2.79. The molecule has 0 radical (unpaired) electrons. The van der Waals surface area contributed by atoms with Gasteiger partial charge in [-0.2, -0.15) is 5.10 Å². The molecule has 2 heterocycles. The Labute approximate surface area is 129 Å². The molecule has 0 fully saturated rings. The highest BCUT2D eigenvalue weighted by Gasteiger charge is 2.24. The van der Waals surface area contributed by atoms with Gasteiger partial charge in [-0.3, -0.25) is 4.68 Å². The average Bonchev–Trinajstić information content (AvgIpc) is 2.87. The molecule has 0 atom stereocenters. The van der Waals surface area contributed by atoms with E-state index in [0.29, 0.717) is 13.1 Å². The van der Waals surface area contributed by atoms with Crippen LogP contribution in [0.25, 0.3) is 0 Å². The highest BCUT2D eigenvalue weighted by atomic mass is 16.4. The normalized spacial score (nSPS) is 13.7. The second kappa shape index (κ2) is 5.81. The summed E-state index contributed by atoms with van der Waals surface area (Å²) in [6.07, 6.45) is 0.811. The molecule has 0 saturated carbocycles. The standard InChI is InChI=1S/C16H20N4O2/c1-19(2)12-5-3-11(4-6-12)10-20-14-7-8-17-9-13(14)15(18-20)16(21)22/h3-6,17H,7-10H2,1-2H3,(H,21,22). The number of benzene rings is 1. The number of anilines is 1. The lowest BCUT2D eigenvalue weighted by atomic mass is 10.1. The van der Waals surface area contributed by atoms with Gasteiger partial charge in [0.15, 0.2) is 5.69 Å². The molecular weight excluding hydrogens is 280 g/mol. The first-order chi connectivity index (χ1) is 10.6. The van der Waals surface area contributed by atoms with Gasteiger partial charge in [-0.25, -0.2) is 4.79 Å². The summed E-state index contributed by atoms with van der Waals surface area (Å²) in [5.41, 5.74) is 4.29. The summed E-state index contributed by atoms with van der Waals surface area (Å²) in [5.74, 6) is -0.957. The number of aromatic nitrogens is 2. The molecule has 6 heteroatoms. The van der Waals surface area contributed by atoms with Crippen molar-refractivity contribution in [3.05, 3.63) is 46.8 Å². The maximum absolute atomic E-state index is 11.3. The predicted molar refractivity (Wildman–Crippen MR) is 84.5 cm³/mol. The fourth-order valence-electron chi connectivity index (χ4n) is 2.79. The van der Waals surface area contributed by atoms with Gasteiger partial charge in [0.1, 0.15) is 0 Å². The molecule has 1 aliphatic rings. The molecule has 22 heavy (non-hydrogen) atoms. The van der Waals surface area contributed by atoms with Crippen molar-refractivity contribution in [2.24, 2.45) is 0 Å². The minimum atomic E-state index is -0.957. The monoisotopic (exact) mass is 300 g/mol. The third-order valence-corrected chi connectivity index (χ3v) is 3.99. The number of fused-ring (bicyclic) bond motifs is 1. The highest BCUT2D eigenvalue weighted by Crippen LogP contribution is 2.20. The molecule has 116 valence electrons. The van der Waals surface area contributed by atoms with Crippen LogP contribution in [-0.2, 0) is 19.5 Å². The molecule has 0 saturated heterocycles. The smallest absolute Gasteiger partial charge is 0.356 e. The zero-order valence-electron chi connectivity index (χ0n) is 12.8. The Morgan fingerprint density at radius 2 is 2.09 bits per heavy atom. The van der Waals surface area contributed by atoms with E-state index in [1.807, 2.05) is 23.7 Å². The lowest BCUT2D eigenvalue weighted by Gasteiger charge is -2.16. The van der Waals surface area contributed by atoms with Gasteiger partial charge in [0, 0.05) is 50.6 Å². The number of carboxylic acids is 1. The number of hydrogen-bond donors (Lipinski definition) is 2. The molecular formula is C16H20N4O2. The van der Waals surface area contributed by atoms with Crippen molar-refractivity contribution in [2.75, 3.05) is 25.5 Å². The first-order valence-electron chi connectivity index (χ1n) is 7.35. The van der Waals surface area contributed by atoms with E-state index in [1.165, 1.54) is 0 Å². The lowest BCUT2D eigenvalue weighted by Crippen LogP contribution is -2.25. The van der Waals surface area contributed by atoms with Gasteiger partial charge in [-0.05, 0) is 17.7 Å². The maximum atomic E-state index is 11.3. The Morgan fingerprint density at radius 1 is 1.36 bits per heavy atom. The molecule has 1 aromatic carbocycles. The van der Waals surface area contributed by atoms with Gasteiger partial charge in [0.25, 0.3) is 0 Å². The van der Waals surface area contributed by atoms with E-state index >= 15 is 0 Å². The summed E-state index contributed by atoms with van der Waals surface area (Å²) in [5, 5.41) is 16.8. The van der Waals surface area contributed by atoms with E-state index in [2.05, 4.69) is 34.7 Å². The number of nitrogens with zero attached hydrogens (tertiary/aromatic N) is 3. The van der Waals surface area contributed by atoms with Crippen LogP contribution in [0.1, 0.15) is 27.3 Å². The van der Waals surface area contributed by atoms with Crippen LogP contribution in [0.4, 0.5) is 5.69 Å². The number of aromatic carboxylic acids is 1. The van der Waals surface area contributed by atoms with Gasteiger partial charge in [-0.15, -0.1) is 0 Å². The Bertz CT molecular complexity index is 689. The van der Waals surface area contributed by atoms with Gasteiger partial charge in [0.05, 0.1) is 6.54 Å². The van der Waals surface area contributed by atoms with E-state index in [0.717, 1.165) is 35.5 Å². The van der Waals surface area contributed by atoms with Crippen LogP contribution in [0.15, 0.2) is 24.3 Å². The molecule has 2 N–H and O–H groups in total. The second-order valence-corrected chi connectivity index (χ2v) is 5.72. The van der Waals surface area contributed by atoms with Crippen LogP contribution in [0, 0.1) is 0 Å².